The quantitative estimate of drug-likeness (QED) is 0.537. The predicted molar refractivity (Wildman–Crippen MR) is 128 cm³/mol. The SMILES string of the molecule is CCOC(=O)[C@@H](CCc1ccccc1)N[C@H](C)C(=O)N1C[C@]2(CC3CCC2CC3)C[C@H]1C(=O)O. The van der Waals surface area contributed by atoms with Gasteiger partial charge >= 0.3 is 11.9 Å². The van der Waals surface area contributed by atoms with E-state index in [1.54, 1.807) is 18.7 Å². The number of carboxylic acid groups (broad SMARTS) is 1. The highest BCUT2D eigenvalue weighted by Gasteiger charge is 2.56. The molecule has 186 valence electrons. The van der Waals surface area contributed by atoms with Crippen LogP contribution in [0.25, 0.3) is 0 Å². The van der Waals surface area contributed by atoms with Gasteiger partial charge in [-0.3, -0.25) is 14.9 Å². The summed E-state index contributed by atoms with van der Waals surface area (Å²) in [5, 5.41) is 13.1. The van der Waals surface area contributed by atoms with E-state index in [-0.39, 0.29) is 23.9 Å². The molecular weight excluding hydrogens is 432 g/mol. The highest BCUT2D eigenvalue weighted by molar-refractivity contribution is 5.88. The average molecular weight is 471 g/mol. The number of aliphatic carboxylic acids is 1. The Morgan fingerprint density at radius 1 is 1.15 bits per heavy atom. The van der Waals surface area contributed by atoms with Crippen molar-refractivity contribution in [2.24, 2.45) is 17.3 Å². The number of aryl methyl sites for hydroxylation is 1. The van der Waals surface area contributed by atoms with Crippen molar-refractivity contribution in [2.45, 2.75) is 83.3 Å². The molecule has 1 aromatic carbocycles. The van der Waals surface area contributed by atoms with Gasteiger partial charge in [-0.2, -0.15) is 0 Å². The first kappa shape index (κ1) is 24.7. The predicted octanol–water partition coefficient (Wildman–Crippen LogP) is 3.41. The number of hydrogen-bond donors (Lipinski definition) is 2. The molecule has 0 aromatic heterocycles. The summed E-state index contributed by atoms with van der Waals surface area (Å²) in [6.45, 7) is 4.28. The van der Waals surface area contributed by atoms with Gasteiger partial charge in [-0.25, -0.2) is 4.79 Å². The van der Waals surface area contributed by atoms with Crippen molar-refractivity contribution in [1.82, 2.24) is 10.2 Å². The van der Waals surface area contributed by atoms with Crippen LogP contribution in [0.15, 0.2) is 30.3 Å². The molecule has 3 saturated carbocycles. The standard InChI is InChI=1S/C27H38N2O5/c1-3-34-26(33)22(14-11-19-7-5-4-6-8-19)28-18(2)24(30)29-17-27(16-23(29)25(31)32)15-20-9-12-21(27)13-10-20/h4-8,18,20-23,28H,3,9-17H2,1-2H3,(H,31,32)/t18-,20?,21?,22-,23+,27+/m1/s1. The maximum atomic E-state index is 13.5. The summed E-state index contributed by atoms with van der Waals surface area (Å²) in [5.41, 5.74) is 1.05. The van der Waals surface area contributed by atoms with Crippen molar-refractivity contribution in [2.75, 3.05) is 13.2 Å². The van der Waals surface area contributed by atoms with E-state index in [2.05, 4.69) is 5.32 Å². The minimum absolute atomic E-state index is 0.0620. The number of amides is 1. The average Bonchev–Trinajstić information content (AvgIpc) is 3.21. The van der Waals surface area contributed by atoms with E-state index in [0.29, 0.717) is 37.6 Å². The Labute approximate surface area is 202 Å². The third kappa shape index (κ3) is 5.14. The van der Waals surface area contributed by atoms with E-state index in [4.69, 9.17) is 4.74 Å². The second-order valence-corrected chi connectivity index (χ2v) is 10.5. The Morgan fingerprint density at radius 2 is 1.85 bits per heavy atom. The van der Waals surface area contributed by atoms with Crippen molar-refractivity contribution in [3.05, 3.63) is 35.9 Å². The first-order valence-electron chi connectivity index (χ1n) is 12.8. The van der Waals surface area contributed by atoms with Gasteiger partial charge in [-0.1, -0.05) is 43.2 Å². The molecular formula is C27H38N2O5. The largest absolute Gasteiger partial charge is 0.480 e. The highest BCUT2D eigenvalue weighted by Crippen LogP contribution is 2.57. The lowest BCUT2D eigenvalue weighted by Crippen LogP contribution is -2.54. The third-order valence-corrected chi connectivity index (χ3v) is 8.39. The van der Waals surface area contributed by atoms with Crippen molar-refractivity contribution < 1.29 is 24.2 Å². The van der Waals surface area contributed by atoms with Crippen molar-refractivity contribution in [3.8, 4) is 0 Å². The second kappa shape index (κ2) is 10.5. The Bertz CT molecular complexity index is 882. The summed E-state index contributed by atoms with van der Waals surface area (Å²) in [4.78, 5) is 39.9. The third-order valence-electron chi connectivity index (χ3n) is 8.39. The molecule has 4 fully saturated rings. The number of nitrogens with zero attached hydrogens (tertiary/aromatic N) is 1. The minimum atomic E-state index is -0.926. The van der Waals surface area contributed by atoms with Crippen LogP contribution in [-0.4, -0.2) is 59.1 Å². The molecule has 4 aliphatic rings. The molecule has 0 radical (unpaired) electrons. The van der Waals surface area contributed by atoms with Crippen molar-refractivity contribution >= 4 is 17.8 Å². The fourth-order valence-electron chi connectivity index (χ4n) is 6.72. The first-order chi connectivity index (χ1) is 16.3. The number of hydrogen-bond acceptors (Lipinski definition) is 5. The van der Waals surface area contributed by atoms with Gasteiger partial charge in [0.05, 0.1) is 12.6 Å². The number of carbonyl (C=O) groups is 3. The van der Waals surface area contributed by atoms with Gasteiger partial charge in [0.1, 0.15) is 12.1 Å². The lowest BCUT2D eigenvalue weighted by Gasteiger charge is -2.50. The van der Waals surface area contributed by atoms with E-state index >= 15 is 0 Å². The molecule has 7 heteroatoms. The van der Waals surface area contributed by atoms with Crippen LogP contribution in [0.4, 0.5) is 0 Å². The number of nitrogens with one attached hydrogen (secondary N) is 1. The van der Waals surface area contributed by atoms with E-state index in [0.717, 1.165) is 24.8 Å². The van der Waals surface area contributed by atoms with E-state index in [1.165, 1.54) is 12.8 Å². The van der Waals surface area contributed by atoms with Crippen LogP contribution in [0.5, 0.6) is 0 Å². The summed E-state index contributed by atoms with van der Waals surface area (Å²) in [7, 11) is 0. The zero-order valence-corrected chi connectivity index (χ0v) is 20.4. The summed E-state index contributed by atoms with van der Waals surface area (Å²) in [6, 6.07) is 7.79. The monoisotopic (exact) mass is 470 g/mol. The molecule has 1 aliphatic heterocycles. The number of ether oxygens (including phenoxy) is 1. The van der Waals surface area contributed by atoms with Crippen LogP contribution in [0.2, 0.25) is 0 Å². The van der Waals surface area contributed by atoms with Crippen LogP contribution in [0.1, 0.15) is 64.4 Å². The van der Waals surface area contributed by atoms with Gasteiger partial charge < -0.3 is 14.7 Å². The Morgan fingerprint density at radius 3 is 2.44 bits per heavy atom. The maximum absolute atomic E-state index is 13.5. The molecule has 1 spiro atoms. The Hall–Kier alpha value is -2.41. The van der Waals surface area contributed by atoms with Crippen molar-refractivity contribution in [1.29, 1.82) is 0 Å². The van der Waals surface area contributed by atoms with Crippen LogP contribution >= 0.6 is 0 Å². The molecule has 1 saturated heterocycles. The smallest absolute Gasteiger partial charge is 0.326 e. The number of rotatable bonds is 9. The summed E-state index contributed by atoms with van der Waals surface area (Å²) in [6.07, 6.45) is 7.53. The summed E-state index contributed by atoms with van der Waals surface area (Å²) >= 11 is 0. The lowest BCUT2D eigenvalue weighted by molar-refractivity contribution is -0.150. The minimum Gasteiger partial charge on any atom is -0.480 e. The molecule has 1 aromatic rings. The van der Waals surface area contributed by atoms with E-state index in [9.17, 15) is 19.5 Å². The fraction of sp³-hybridized carbons (Fsp3) is 0.667. The maximum Gasteiger partial charge on any atom is 0.326 e. The normalized spacial score (nSPS) is 29.7. The van der Waals surface area contributed by atoms with Gasteiger partial charge in [0.15, 0.2) is 0 Å². The van der Waals surface area contributed by atoms with Gasteiger partial charge in [-0.15, -0.1) is 0 Å². The lowest BCUT2D eigenvalue weighted by atomic mass is 9.55. The molecule has 3 aliphatic carbocycles. The second-order valence-electron chi connectivity index (χ2n) is 10.5. The van der Waals surface area contributed by atoms with Gasteiger partial charge in [-0.05, 0) is 75.2 Å². The molecule has 2 N–H and O–H groups in total. The zero-order chi connectivity index (χ0) is 24.3. The Kier molecular flexibility index (Phi) is 7.60. The number of benzene rings is 1. The Balaban J connectivity index is 1.45. The van der Waals surface area contributed by atoms with E-state index < -0.39 is 24.1 Å². The van der Waals surface area contributed by atoms with Crippen LogP contribution in [-0.2, 0) is 25.5 Å². The number of esters is 1. The summed E-state index contributed by atoms with van der Waals surface area (Å²) in [5.74, 6) is -0.366. The highest BCUT2D eigenvalue weighted by atomic mass is 16.5. The van der Waals surface area contributed by atoms with Crippen LogP contribution in [0.3, 0.4) is 0 Å². The molecule has 5 rings (SSSR count). The molecule has 2 bridgehead atoms. The first-order valence-corrected chi connectivity index (χ1v) is 12.8. The van der Waals surface area contributed by atoms with Gasteiger partial charge in [0.25, 0.3) is 0 Å². The number of carbonyl (C=O) groups excluding carboxylic acids is 2. The molecule has 1 amide bonds. The summed E-state index contributed by atoms with van der Waals surface area (Å²) < 4.78 is 5.26. The van der Waals surface area contributed by atoms with Crippen LogP contribution in [0, 0.1) is 17.3 Å². The molecule has 7 nitrogen and oxygen atoms in total. The number of carboxylic acids is 1. The topological polar surface area (TPSA) is 95.9 Å². The zero-order valence-electron chi connectivity index (χ0n) is 20.4. The number of fused-ring (bicyclic) bond motifs is 2. The molecule has 34 heavy (non-hydrogen) atoms. The van der Waals surface area contributed by atoms with Crippen LogP contribution < -0.4 is 5.32 Å². The molecule has 0 unspecified atom stereocenters. The number of likely N-dealkylation sites (tertiary alicyclic amines) is 1. The molecule has 1 heterocycles. The van der Waals surface area contributed by atoms with Gasteiger partial charge in [0.2, 0.25) is 5.91 Å². The van der Waals surface area contributed by atoms with E-state index in [1.807, 2.05) is 30.3 Å². The van der Waals surface area contributed by atoms with Crippen molar-refractivity contribution in [3.63, 3.8) is 0 Å². The fourth-order valence-corrected chi connectivity index (χ4v) is 6.72. The van der Waals surface area contributed by atoms with Gasteiger partial charge in [0, 0.05) is 6.54 Å². The molecule has 4 atom stereocenters.